The molecule has 0 amide bonds. The van der Waals surface area contributed by atoms with E-state index in [0.29, 0.717) is 18.1 Å². The molecule has 0 radical (unpaired) electrons. The van der Waals surface area contributed by atoms with Gasteiger partial charge < -0.3 is 9.84 Å². The van der Waals surface area contributed by atoms with Gasteiger partial charge in [0.1, 0.15) is 5.75 Å². The molecule has 1 aromatic carbocycles. The predicted molar refractivity (Wildman–Crippen MR) is 62.9 cm³/mol. The third-order valence-corrected chi connectivity index (χ3v) is 2.68. The summed E-state index contributed by atoms with van der Waals surface area (Å²) in [6.07, 6.45) is 0.962. The zero-order chi connectivity index (χ0) is 12.1. The minimum absolute atomic E-state index is 0.0415. The smallest absolute Gasteiger partial charge is 0.338 e. The Labute approximate surface area is 100.0 Å². The maximum atomic E-state index is 11.6. The maximum absolute atomic E-state index is 11.6. The molecule has 0 unspecified atom stereocenters. The zero-order valence-corrected chi connectivity index (χ0v) is 10.1. The molecule has 4 heteroatoms. The van der Waals surface area contributed by atoms with Crippen molar-refractivity contribution in [3.63, 3.8) is 0 Å². The highest BCUT2D eigenvalue weighted by atomic mass is 35.5. The van der Waals surface area contributed by atoms with Gasteiger partial charge in [0.2, 0.25) is 0 Å². The Morgan fingerprint density at radius 3 is 2.81 bits per heavy atom. The number of benzene rings is 1. The van der Waals surface area contributed by atoms with Crippen LogP contribution in [0.4, 0.5) is 0 Å². The summed E-state index contributed by atoms with van der Waals surface area (Å²) in [5.74, 6) is -0.112. The summed E-state index contributed by atoms with van der Waals surface area (Å²) in [4.78, 5) is 11.6. The number of halogens is 1. The monoisotopic (exact) mass is 242 g/mol. The summed E-state index contributed by atoms with van der Waals surface area (Å²) in [6.45, 7) is 4.45. The van der Waals surface area contributed by atoms with Crippen LogP contribution in [0.1, 0.15) is 30.6 Å². The van der Waals surface area contributed by atoms with Crippen molar-refractivity contribution >= 4 is 17.6 Å². The first-order chi connectivity index (χ1) is 7.54. The van der Waals surface area contributed by atoms with Crippen LogP contribution in [0.15, 0.2) is 18.2 Å². The molecule has 16 heavy (non-hydrogen) atoms. The molecule has 1 aromatic rings. The number of hydrogen-bond donors (Lipinski definition) is 1. The van der Waals surface area contributed by atoms with Crippen LogP contribution >= 0.6 is 11.6 Å². The van der Waals surface area contributed by atoms with Crippen LogP contribution in [0.25, 0.3) is 0 Å². The number of carbonyl (C=O) groups excluding carboxylic acids is 1. The van der Waals surface area contributed by atoms with Crippen LogP contribution in [0.3, 0.4) is 0 Å². The van der Waals surface area contributed by atoms with Crippen LogP contribution in [0.2, 0.25) is 5.02 Å². The van der Waals surface area contributed by atoms with Crippen molar-refractivity contribution in [3.8, 4) is 5.75 Å². The van der Waals surface area contributed by atoms with E-state index in [9.17, 15) is 9.90 Å². The molecule has 0 spiro atoms. The van der Waals surface area contributed by atoms with Gasteiger partial charge >= 0.3 is 5.97 Å². The van der Waals surface area contributed by atoms with Gasteiger partial charge in [-0.3, -0.25) is 0 Å². The molecular formula is C12H15ClO3. The third-order valence-electron chi connectivity index (χ3n) is 2.38. The van der Waals surface area contributed by atoms with E-state index in [1.54, 1.807) is 0 Å². The summed E-state index contributed by atoms with van der Waals surface area (Å²) in [7, 11) is 0. The van der Waals surface area contributed by atoms with E-state index in [2.05, 4.69) is 0 Å². The van der Waals surface area contributed by atoms with Gasteiger partial charge in [-0.15, -0.1) is 0 Å². The van der Waals surface area contributed by atoms with E-state index in [1.165, 1.54) is 18.2 Å². The molecule has 0 aliphatic heterocycles. The number of phenols is 1. The summed E-state index contributed by atoms with van der Waals surface area (Å²) >= 11 is 5.69. The van der Waals surface area contributed by atoms with Crippen LogP contribution in [-0.2, 0) is 4.74 Å². The lowest BCUT2D eigenvalue weighted by molar-refractivity contribution is 0.0447. The van der Waals surface area contributed by atoms with Crippen molar-refractivity contribution in [1.29, 1.82) is 0 Å². The van der Waals surface area contributed by atoms with Crippen molar-refractivity contribution < 1.29 is 14.6 Å². The zero-order valence-electron chi connectivity index (χ0n) is 9.37. The Morgan fingerprint density at radius 1 is 1.56 bits per heavy atom. The van der Waals surface area contributed by atoms with Crippen molar-refractivity contribution in [2.24, 2.45) is 5.92 Å². The number of phenolic OH excluding ortho intramolecular Hbond substituents is 1. The Kier molecular flexibility index (Phi) is 4.62. The van der Waals surface area contributed by atoms with Gasteiger partial charge in [-0.25, -0.2) is 4.79 Å². The average molecular weight is 243 g/mol. The lowest BCUT2D eigenvalue weighted by Crippen LogP contribution is -2.11. The highest BCUT2D eigenvalue weighted by molar-refractivity contribution is 6.32. The van der Waals surface area contributed by atoms with Crippen molar-refractivity contribution in [2.45, 2.75) is 20.3 Å². The van der Waals surface area contributed by atoms with Gasteiger partial charge in [-0.05, 0) is 24.1 Å². The third kappa shape index (κ3) is 3.42. The molecule has 88 valence electrons. The maximum Gasteiger partial charge on any atom is 0.338 e. The Balaban J connectivity index is 2.63. The molecule has 0 saturated carbocycles. The topological polar surface area (TPSA) is 46.5 Å². The van der Waals surface area contributed by atoms with Gasteiger partial charge in [0.15, 0.2) is 0 Å². The first-order valence-corrected chi connectivity index (χ1v) is 5.58. The fourth-order valence-electron chi connectivity index (χ4n) is 1.05. The van der Waals surface area contributed by atoms with Gasteiger partial charge in [-0.2, -0.15) is 0 Å². The number of hydrogen-bond acceptors (Lipinski definition) is 3. The number of ether oxygens (including phenoxy) is 1. The minimum Gasteiger partial charge on any atom is -0.506 e. The van der Waals surface area contributed by atoms with Crippen LogP contribution < -0.4 is 0 Å². The second kappa shape index (κ2) is 5.75. The predicted octanol–water partition coefficient (Wildman–Crippen LogP) is 3.25. The fourth-order valence-corrected chi connectivity index (χ4v) is 1.23. The molecule has 0 aromatic heterocycles. The molecule has 3 nitrogen and oxygen atoms in total. The Bertz CT molecular complexity index is 377. The number of rotatable bonds is 4. The van der Waals surface area contributed by atoms with Crippen molar-refractivity contribution in [3.05, 3.63) is 28.8 Å². The number of carbonyl (C=O) groups is 1. The second-order valence-electron chi connectivity index (χ2n) is 3.78. The summed E-state index contributed by atoms with van der Waals surface area (Å²) < 4.78 is 5.10. The van der Waals surface area contributed by atoms with Crippen LogP contribution in [0.5, 0.6) is 5.75 Å². The number of aromatic hydroxyl groups is 1. The summed E-state index contributed by atoms with van der Waals surface area (Å²) in [5, 5.41) is 9.35. The van der Waals surface area contributed by atoms with Crippen molar-refractivity contribution in [2.75, 3.05) is 6.61 Å². The van der Waals surface area contributed by atoms with Gasteiger partial charge in [0.05, 0.1) is 17.2 Å². The lowest BCUT2D eigenvalue weighted by atomic mass is 10.1. The minimum atomic E-state index is -0.415. The Hall–Kier alpha value is -1.22. The molecular weight excluding hydrogens is 228 g/mol. The molecule has 0 bridgehead atoms. The largest absolute Gasteiger partial charge is 0.506 e. The van der Waals surface area contributed by atoms with Gasteiger partial charge in [0, 0.05) is 0 Å². The molecule has 0 fully saturated rings. The van der Waals surface area contributed by atoms with Gasteiger partial charge in [0.25, 0.3) is 0 Å². The van der Waals surface area contributed by atoms with E-state index in [0.717, 1.165) is 6.42 Å². The molecule has 1 rings (SSSR count). The first-order valence-electron chi connectivity index (χ1n) is 5.20. The number of esters is 1. The first kappa shape index (κ1) is 12.8. The fraction of sp³-hybridized carbons (Fsp3) is 0.417. The normalized spacial score (nSPS) is 12.2. The molecule has 0 saturated heterocycles. The van der Waals surface area contributed by atoms with Crippen molar-refractivity contribution in [1.82, 2.24) is 0 Å². The summed E-state index contributed by atoms with van der Waals surface area (Å²) in [5.41, 5.74) is 0.353. The van der Waals surface area contributed by atoms with E-state index >= 15 is 0 Å². The van der Waals surface area contributed by atoms with Gasteiger partial charge in [-0.1, -0.05) is 31.9 Å². The second-order valence-corrected chi connectivity index (χ2v) is 4.19. The quantitative estimate of drug-likeness (QED) is 0.825. The highest BCUT2D eigenvalue weighted by Gasteiger charge is 2.10. The SMILES string of the molecule is CC[C@H](C)COC(=O)c1ccc(O)c(Cl)c1. The van der Waals surface area contributed by atoms with E-state index in [-0.39, 0.29) is 10.8 Å². The average Bonchev–Trinajstić information content (AvgIpc) is 2.29. The highest BCUT2D eigenvalue weighted by Crippen LogP contribution is 2.24. The molecule has 1 atom stereocenters. The van der Waals surface area contributed by atoms with Crippen LogP contribution in [0, 0.1) is 5.92 Å². The van der Waals surface area contributed by atoms with E-state index in [4.69, 9.17) is 16.3 Å². The molecule has 1 N–H and O–H groups in total. The Morgan fingerprint density at radius 2 is 2.25 bits per heavy atom. The van der Waals surface area contributed by atoms with E-state index < -0.39 is 5.97 Å². The summed E-state index contributed by atoms with van der Waals surface area (Å²) in [6, 6.07) is 4.26. The lowest BCUT2D eigenvalue weighted by Gasteiger charge is -2.09. The molecule has 0 aliphatic rings. The van der Waals surface area contributed by atoms with E-state index in [1.807, 2.05) is 13.8 Å². The van der Waals surface area contributed by atoms with Crippen LogP contribution in [-0.4, -0.2) is 17.7 Å². The standard InChI is InChI=1S/C12H15ClO3/c1-3-8(2)7-16-12(15)9-4-5-11(14)10(13)6-9/h4-6,8,14H,3,7H2,1-2H3/t8-/m0/s1. The molecule has 0 heterocycles. The molecule has 0 aliphatic carbocycles.